The van der Waals surface area contributed by atoms with E-state index < -0.39 is 0 Å². The monoisotopic (exact) mass is 314 g/mol. The second-order valence-electron chi connectivity index (χ2n) is 5.24. The summed E-state index contributed by atoms with van der Waals surface area (Å²) in [6, 6.07) is 7.54. The molecule has 0 N–H and O–H groups in total. The number of methoxy groups -OCH3 is 1. The molecular formula is C17H15ClN2O2. The van der Waals surface area contributed by atoms with E-state index >= 15 is 0 Å². The Bertz CT molecular complexity index is 796. The average Bonchev–Trinajstić information content (AvgIpc) is 3.34. The van der Waals surface area contributed by atoms with Gasteiger partial charge in [0.1, 0.15) is 10.9 Å². The molecule has 22 heavy (non-hydrogen) atoms. The fourth-order valence-corrected chi connectivity index (χ4v) is 2.23. The molecule has 1 aromatic carbocycles. The molecule has 3 rings (SSSR count). The maximum absolute atomic E-state index is 12.4. The SMILES string of the molecule is COc1ccc(Cn2cc(Cl)nc(C#CC3CC3)c2=O)cc1. The molecule has 0 unspecified atom stereocenters. The van der Waals surface area contributed by atoms with Crippen LogP contribution in [-0.4, -0.2) is 16.7 Å². The number of ether oxygens (including phenoxy) is 1. The van der Waals surface area contributed by atoms with Gasteiger partial charge >= 0.3 is 0 Å². The Balaban J connectivity index is 1.89. The van der Waals surface area contributed by atoms with Crippen molar-refractivity contribution in [3.8, 4) is 17.6 Å². The predicted molar refractivity (Wildman–Crippen MR) is 85.2 cm³/mol. The summed E-state index contributed by atoms with van der Waals surface area (Å²) in [6.07, 6.45) is 3.75. The van der Waals surface area contributed by atoms with E-state index in [1.165, 1.54) is 10.8 Å². The highest BCUT2D eigenvalue weighted by Gasteiger charge is 2.18. The summed E-state index contributed by atoms with van der Waals surface area (Å²) in [4.78, 5) is 16.4. The zero-order valence-electron chi connectivity index (χ0n) is 12.2. The highest BCUT2D eigenvalue weighted by molar-refractivity contribution is 6.29. The normalized spacial score (nSPS) is 13.4. The summed E-state index contributed by atoms with van der Waals surface area (Å²) in [5.41, 5.74) is 0.979. The first-order valence-corrected chi connectivity index (χ1v) is 7.45. The molecule has 4 nitrogen and oxygen atoms in total. The number of halogens is 1. The Morgan fingerprint density at radius 1 is 1.36 bits per heavy atom. The van der Waals surface area contributed by atoms with Gasteiger partial charge in [0, 0.05) is 12.1 Å². The lowest BCUT2D eigenvalue weighted by molar-refractivity contribution is 0.414. The van der Waals surface area contributed by atoms with Gasteiger partial charge in [-0.25, -0.2) is 4.98 Å². The van der Waals surface area contributed by atoms with Crippen molar-refractivity contribution in [2.45, 2.75) is 19.4 Å². The van der Waals surface area contributed by atoms with Gasteiger partial charge in [-0.05, 0) is 36.5 Å². The first kappa shape index (κ1) is 14.7. The van der Waals surface area contributed by atoms with Gasteiger partial charge in [-0.1, -0.05) is 29.7 Å². The van der Waals surface area contributed by atoms with E-state index in [1.54, 1.807) is 7.11 Å². The van der Waals surface area contributed by atoms with Crippen LogP contribution in [0.4, 0.5) is 0 Å². The van der Waals surface area contributed by atoms with Crippen LogP contribution in [0.15, 0.2) is 35.3 Å². The van der Waals surface area contributed by atoms with Crippen molar-refractivity contribution in [3.05, 3.63) is 57.2 Å². The molecule has 0 bridgehead atoms. The fourth-order valence-electron chi connectivity index (χ4n) is 2.03. The third-order valence-electron chi connectivity index (χ3n) is 3.43. The van der Waals surface area contributed by atoms with Crippen LogP contribution in [0.25, 0.3) is 0 Å². The van der Waals surface area contributed by atoms with Crippen molar-refractivity contribution in [2.24, 2.45) is 5.92 Å². The smallest absolute Gasteiger partial charge is 0.285 e. The molecule has 1 aliphatic rings. The summed E-state index contributed by atoms with van der Waals surface area (Å²) in [5, 5.41) is 0.271. The van der Waals surface area contributed by atoms with Crippen molar-refractivity contribution in [1.29, 1.82) is 0 Å². The minimum atomic E-state index is -0.214. The van der Waals surface area contributed by atoms with Crippen LogP contribution < -0.4 is 10.3 Å². The average molecular weight is 315 g/mol. The lowest BCUT2D eigenvalue weighted by Crippen LogP contribution is -2.24. The minimum absolute atomic E-state index is 0.214. The van der Waals surface area contributed by atoms with Crippen LogP contribution in [0, 0.1) is 17.8 Å². The van der Waals surface area contributed by atoms with Crippen molar-refractivity contribution >= 4 is 11.6 Å². The third kappa shape index (κ3) is 3.49. The van der Waals surface area contributed by atoms with Gasteiger partial charge in [0.2, 0.25) is 0 Å². The van der Waals surface area contributed by atoms with Crippen molar-refractivity contribution in [1.82, 2.24) is 9.55 Å². The first-order valence-electron chi connectivity index (χ1n) is 7.07. The number of benzene rings is 1. The van der Waals surface area contributed by atoms with E-state index in [0.29, 0.717) is 12.5 Å². The van der Waals surface area contributed by atoms with E-state index in [-0.39, 0.29) is 16.4 Å². The van der Waals surface area contributed by atoms with Crippen molar-refractivity contribution in [3.63, 3.8) is 0 Å². The Morgan fingerprint density at radius 2 is 2.09 bits per heavy atom. The molecule has 0 spiro atoms. The molecule has 1 saturated carbocycles. The maximum atomic E-state index is 12.4. The molecule has 2 aromatic rings. The maximum Gasteiger partial charge on any atom is 0.285 e. The molecule has 5 heteroatoms. The summed E-state index contributed by atoms with van der Waals surface area (Å²) in [7, 11) is 1.62. The summed E-state index contributed by atoms with van der Waals surface area (Å²) >= 11 is 6.01. The number of hydrogen-bond donors (Lipinski definition) is 0. The van der Waals surface area contributed by atoms with Gasteiger partial charge in [0.15, 0.2) is 5.69 Å². The van der Waals surface area contributed by atoms with Crippen molar-refractivity contribution < 1.29 is 4.74 Å². The number of rotatable bonds is 3. The number of nitrogens with zero attached hydrogens (tertiary/aromatic N) is 2. The molecule has 0 saturated heterocycles. The van der Waals surface area contributed by atoms with E-state index in [4.69, 9.17) is 16.3 Å². The summed E-state index contributed by atoms with van der Waals surface area (Å²) in [5.74, 6) is 7.10. The Hall–Kier alpha value is -2.25. The highest BCUT2D eigenvalue weighted by Crippen LogP contribution is 2.27. The second-order valence-corrected chi connectivity index (χ2v) is 5.62. The summed E-state index contributed by atoms with van der Waals surface area (Å²) in [6.45, 7) is 0.420. The molecule has 1 heterocycles. The van der Waals surface area contributed by atoms with Gasteiger partial charge in [-0.2, -0.15) is 0 Å². The Kier molecular flexibility index (Phi) is 4.17. The van der Waals surface area contributed by atoms with Crippen LogP contribution in [0.3, 0.4) is 0 Å². The van der Waals surface area contributed by atoms with Crippen molar-refractivity contribution in [2.75, 3.05) is 7.11 Å². The van der Waals surface area contributed by atoms with Gasteiger partial charge in [0.25, 0.3) is 5.56 Å². The standard InChI is InChI=1S/C17H15ClN2O2/c1-22-14-7-4-13(5-8-14)10-20-11-16(18)19-15(17(20)21)9-6-12-2-3-12/h4-5,7-8,11-12H,2-3,10H2,1H3. The molecule has 0 amide bonds. The van der Waals surface area contributed by atoms with Crippen LogP contribution >= 0.6 is 11.6 Å². The van der Waals surface area contributed by atoms with Crippen LogP contribution in [0.1, 0.15) is 24.1 Å². The molecule has 0 radical (unpaired) electrons. The van der Waals surface area contributed by atoms with E-state index in [2.05, 4.69) is 16.8 Å². The lowest BCUT2D eigenvalue weighted by atomic mass is 10.2. The second kappa shape index (κ2) is 6.25. The largest absolute Gasteiger partial charge is 0.497 e. The molecule has 0 aliphatic heterocycles. The Labute approximate surface area is 133 Å². The summed E-state index contributed by atoms with van der Waals surface area (Å²) < 4.78 is 6.66. The van der Waals surface area contributed by atoms with E-state index in [0.717, 1.165) is 24.2 Å². The van der Waals surface area contributed by atoms with Gasteiger partial charge < -0.3 is 9.30 Å². The molecule has 1 aromatic heterocycles. The zero-order chi connectivity index (χ0) is 15.5. The quantitative estimate of drug-likeness (QED) is 0.818. The van der Waals surface area contributed by atoms with Crippen LogP contribution in [0.2, 0.25) is 5.15 Å². The molecular weight excluding hydrogens is 300 g/mol. The lowest BCUT2D eigenvalue weighted by Gasteiger charge is -2.07. The van der Waals surface area contributed by atoms with E-state index in [9.17, 15) is 4.79 Å². The topological polar surface area (TPSA) is 44.1 Å². The Morgan fingerprint density at radius 3 is 2.73 bits per heavy atom. The van der Waals surface area contributed by atoms with Crippen LogP contribution in [0.5, 0.6) is 5.75 Å². The van der Waals surface area contributed by atoms with E-state index in [1.807, 2.05) is 24.3 Å². The number of hydrogen-bond acceptors (Lipinski definition) is 3. The zero-order valence-corrected chi connectivity index (χ0v) is 12.9. The first-order chi connectivity index (χ1) is 10.7. The molecule has 1 fully saturated rings. The van der Waals surface area contributed by atoms with Gasteiger partial charge in [0.05, 0.1) is 13.7 Å². The predicted octanol–water partition coefficient (Wildman–Crippen LogP) is 2.72. The highest BCUT2D eigenvalue weighted by atomic mass is 35.5. The third-order valence-corrected chi connectivity index (χ3v) is 3.61. The minimum Gasteiger partial charge on any atom is -0.497 e. The van der Waals surface area contributed by atoms with Gasteiger partial charge in [-0.3, -0.25) is 4.79 Å². The molecule has 1 aliphatic carbocycles. The molecule has 112 valence electrons. The fraction of sp³-hybridized carbons (Fsp3) is 0.294. The molecule has 0 atom stereocenters. The van der Waals surface area contributed by atoms with Gasteiger partial charge in [-0.15, -0.1) is 0 Å². The van der Waals surface area contributed by atoms with Crippen LogP contribution in [-0.2, 0) is 6.54 Å². The number of aromatic nitrogens is 2.